The molecule has 2 aromatic carbocycles. The topological polar surface area (TPSA) is 120 Å². The summed E-state index contributed by atoms with van der Waals surface area (Å²) >= 11 is 6.43. The van der Waals surface area contributed by atoms with Gasteiger partial charge in [-0.1, -0.05) is 11.6 Å². The Morgan fingerprint density at radius 2 is 2.09 bits per heavy atom. The van der Waals surface area contributed by atoms with Crippen molar-refractivity contribution in [1.82, 2.24) is 19.5 Å². The smallest absolute Gasteiger partial charge is 0.354 e. The molecule has 1 fully saturated rings. The molecule has 3 N–H and O–H groups in total. The van der Waals surface area contributed by atoms with E-state index in [4.69, 9.17) is 11.6 Å². The number of aryl methyl sites for hydroxylation is 1. The van der Waals surface area contributed by atoms with Crippen LogP contribution in [0, 0.1) is 12.7 Å². The van der Waals surface area contributed by atoms with Gasteiger partial charge in [-0.05, 0) is 42.3 Å². The molecule has 5 rings (SSSR count). The maximum Gasteiger partial charge on any atom is 0.354 e. The number of aromatic carboxylic acids is 1. The molecular formula is C20H17ClFN5O4S. The zero-order chi connectivity index (χ0) is 22.8. The number of H-pyrrole nitrogens is 1. The summed E-state index contributed by atoms with van der Waals surface area (Å²) < 4.78 is 44.5. The van der Waals surface area contributed by atoms with Crippen LogP contribution in [-0.4, -0.2) is 47.3 Å². The minimum atomic E-state index is -3.93. The molecule has 1 aliphatic heterocycles. The molecular weight excluding hydrogens is 461 g/mol. The van der Waals surface area contributed by atoms with Crippen molar-refractivity contribution in [3.05, 3.63) is 58.1 Å². The molecule has 0 amide bonds. The molecule has 0 bridgehead atoms. The quantitative estimate of drug-likeness (QED) is 0.417. The number of fused-ring (bicyclic) bond motifs is 2. The first-order chi connectivity index (χ1) is 15.2. The standard InChI is InChI=1S/C20H17ClFN5O4S/c1-10-4-13-17(7-15(10)22)26(9-12-5-11-8-23-25-16(11)6-14(12)21)19(20(28)29)18(13)27-3-2-24-32(27,30)31/h4-8,24H,2-3,9H2,1H3,(H,23,25)(H,28,29). The van der Waals surface area contributed by atoms with Gasteiger partial charge in [0.05, 0.1) is 22.9 Å². The fourth-order valence-corrected chi connectivity index (χ4v) is 5.59. The maximum absolute atomic E-state index is 14.5. The number of carboxylic acids is 1. The summed E-state index contributed by atoms with van der Waals surface area (Å²) in [5.74, 6) is -1.87. The van der Waals surface area contributed by atoms with Gasteiger partial charge >= 0.3 is 16.2 Å². The van der Waals surface area contributed by atoms with Gasteiger partial charge in [0.15, 0.2) is 5.69 Å². The molecule has 0 saturated carbocycles. The first kappa shape index (κ1) is 20.7. The second-order valence-corrected chi connectivity index (χ2v) is 9.67. The largest absolute Gasteiger partial charge is 0.477 e. The molecule has 9 nitrogen and oxygen atoms in total. The Balaban J connectivity index is 1.81. The van der Waals surface area contributed by atoms with Gasteiger partial charge in [-0.15, -0.1) is 0 Å². The number of nitrogens with zero attached hydrogens (tertiary/aromatic N) is 3. The van der Waals surface area contributed by atoms with Gasteiger partial charge in [0.2, 0.25) is 0 Å². The Labute approximate surface area is 186 Å². The van der Waals surface area contributed by atoms with Crippen LogP contribution in [0.4, 0.5) is 10.1 Å². The summed E-state index contributed by atoms with van der Waals surface area (Å²) in [6, 6.07) is 6.13. The molecule has 166 valence electrons. The highest BCUT2D eigenvalue weighted by Gasteiger charge is 2.36. The Bertz CT molecular complexity index is 1530. The second-order valence-electron chi connectivity index (χ2n) is 7.58. The van der Waals surface area contributed by atoms with Crippen molar-refractivity contribution in [3.63, 3.8) is 0 Å². The van der Waals surface area contributed by atoms with E-state index in [1.54, 1.807) is 18.3 Å². The number of aromatic nitrogens is 3. The van der Waals surface area contributed by atoms with Crippen molar-refractivity contribution in [3.8, 4) is 0 Å². The van der Waals surface area contributed by atoms with Gasteiger partial charge in [0, 0.05) is 35.4 Å². The molecule has 0 atom stereocenters. The minimum Gasteiger partial charge on any atom is -0.477 e. The van der Waals surface area contributed by atoms with Gasteiger partial charge in [0.25, 0.3) is 0 Å². The molecule has 4 aromatic rings. The zero-order valence-electron chi connectivity index (χ0n) is 16.7. The number of hydrogen-bond donors (Lipinski definition) is 3. The summed E-state index contributed by atoms with van der Waals surface area (Å²) in [6.45, 7) is 1.72. The number of benzene rings is 2. The Kier molecular flexibility index (Phi) is 4.66. The molecule has 3 heterocycles. The fourth-order valence-electron chi connectivity index (χ4n) is 4.10. The number of anilines is 1. The van der Waals surface area contributed by atoms with E-state index < -0.39 is 22.0 Å². The zero-order valence-corrected chi connectivity index (χ0v) is 18.3. The molecule has 0 spiro atoms. The third-order valence-electron chi connectivity index (χ3n) is 5.59. The maximum atomic E-state index is 14.5. The number of aromatic amines is 1. The monoisotopic (exact) mass is 477 g/mol. The van der Waals surface area contributed by atoms with Crippen LogP contribution in [0.25, 0.3) is 21.8 Å². The van der Waals surface area contributed by atoms with Crippen molar-refractivity contribution >= 4 is 55.3 Å². The van der Waals surface area contributed by atoms with Crippen LogP contribution >= 0.6 is 11.6 Å². The van der Waals surface area contributed by atoms with E-state index in [0.29, 0.717) is 21.5 Å². The van der Waals surface area contributed by atoms with Crippen LogP contribution in [0.15, 0.2) is 30.5 Å². The van der Waals surface area contributed by atoms with E-state index in [0.717, 1.165) is 9.69 Å². The Hall–Kier alpha value is -3.15. The minimum absolute atomic E-state index is 0.00103. The highest BCUT2D eigenvalue weighted by molar-refractivity contribution is 7.91. The summed E-state index contributed by atoms with van der Waals surface area (Å²) in [7, 11) is -3.93. The van der Waals surface area contributed by atoms with Gasteiger partial charge in [-0.2, -0.15) is 18.2 Å². The summed E-state index contributed by atoms with van der Waals surface area (Å²) in [5.41, 5.74) is 1.56. The molecule has 0 radical (unpaired) electrons. The number of carbonyl (C=O) groups is 1. The van der Waals surface area contributed by atoms with Crippen LogP contribution in [0.3, 0.4) is 0 Å². The molecule has 0 aliphatic carbocycles. The first-order valence-electron chi connectivity index (χ1n) is 9.62. The number of halogens is 2. The average molecular weight is 478 g/mol. The molecule has 12 heteroatoms. The van der Waals surface area contributed by atoms with E-state index in [2.05, 4.69) is 14.9 Å². The van der Waals surface area contributed by atoms with Crippen LogP contribution in [0.1, 0.15) is 21.6 Å². The number of nitrogens with one attached hydrogen (secondary N) is 2. The number of hydrogen-bond acceptors (Lipinski definition) is 4. The Morgan fingerprint density at radius 1 is 1.31 bits per heavy atom. The lowest BCUT2D eigenvalue weighted by Gasteiger charge is -2.17. The summed E-state index contributed by atoms with van der Waals surface area (Å²) in [6.07, 6.45) is 1.61. The number of rotatable bonds is 4. The lowest BCUT2D eigenvalue weighted by atomic mass is 10.1. The van der Waals surface area contributed by atoms with Crippen molar-refractivity contribution in [2.24, 2.45) is 0 Å². The third-order valence-corrected chi connectivity index (χ3v) is 7.46. The fraction of sp³-hybridized carbons (Fsp3) is 0.200. The molecule has 32 heavy (non-hydrogen) atoms. The van der Waals surface area contributed by atoms with E-state index >= 15 is 0 Å². The van der Waals surface area contributed by atoms with Crippen molar-refractivity contribution in [2.45, 2.75) is 13.5 Å². The first-order valence-corrected chi connectivity index (χ1v) is 11.4. The van der Waals surface area contributed by atoms with Gasteiger partial charge in [-0.25, -0.2) is 9.18 Å². The second kappa shape index (κ2) is 7.19. The predicted molar refractivity (Wildman–Crippen MR) is 118 cm³/mol. The normalized spacial score (nSPS) is 15.8. The van der Waals surface area contributed by atoms with Crippen LogP contribution in [0.5, 0.6) is 0 Å². The highest BCUT2D eigenvalue weighted by atomic mass is 35.5. The van der Waals surface area contributed by atoms with Crippen LogP contribution in [0.2, 0.25) is 5.02 Å². The summed E-state index contributed by atoms with van der Waals surface area (Å²) in [5, 5.41) is 18.3. The number of carboxylic acid groups (broad SMARTS) is 1. The van der Waals surface area contributed by atoms with Crippen LogP contribution in [-0.2, 0) is 16.8 Å². The van der Waals surface area contributed by atoms with Crippen molar-refractivity contribution in [2.75, 3.05) is 17.4 Å². The SMILES string of the molecule is Cc1cc2c(N3CCNS3(=O)=O)c(C(=O)O)n(Cc3cc4cn[nH]c4cc3Cl)c2cc1F. The van der Waals surface area contributed by atoms with Gasteiger partial charge < -0.3 is 9.67 Å². The van der Waals surface area contributed by atoms with Gasteiger partial charge in [-0.3, -0.25) is 9.40 Å². The predicted octanol–water partition coefficient (Wildman–Crippen LogP) is 3.02. The molecule has 2 aromatic heterocycles. The lowest BCUT2D eigenvalue weighted by molar-refractivity contribution is 0.0687. The van der Waals surface area contributed by atoms with E-state index in [9.17, 15) is 22.7 Å². The van der Waals surface area contributed by atoms with Crippen molar-refractivity contribution in [1.29, 1.82) is 0 Å². The van der Waals surface area contributed by atoms with E-state index in [-0.39, 0.29) is 42.1 Å². The van der Waals surface area contributed by atoms with E-state index in [1.807, 2.05) is 0 Å². The molecule has 1 aliphatic rings. The van der Waals surface area contributed by atoms with Crippen molar-refractivity contribution < 1.29 is 22.7 Å². The highest BCUT2D eigenvalue weighted by Crippen LogP contribution is 2.39. The summed E-state index contributed by atoms with van der Waals surface area (Å²) in [4.78, 5) is 12.4. The third kappa shape index (κ3) is 3.12. The van der Waals surface area contributed by atoms with Crippen LogP contribution < -0.4 is 9.03 Å². The lowest BCUT2D eigenvalue weighted by Crippen LogP contribution is -2.30. The molecule has 0 unspecified atom stereocenters. The van der Waals surface area contributed by atoms with E-state index in [1.165, 1.54) is 23.6 Å². The molecule has 1 saturated heterocycles. The van der Waals surface area contributed by atoms with Gasteiger partial charge in [0.1, 0.15) is 5.82 Å². The Morgan fingerprint density at radius 3 is 2.78 bits per heavy atom. The average Bonchev–Trinajstić information content (AvgIpc) is 3.38.